The van der Waals surface area contributed by atoms with Crippen molar-refractivity contribution in [3.8, 4) is 0 Å². The van der Waals surface area contributed by atoms with Gasteiger partial charge in [0.15, 0.2) is 0 Å². The Morgan fingerprint density at radius 2 is 1.74 bits per heavy atom. The lowest BCUT2D eigenvalue weighted by Gasteiger charge is -2.26. The van der Waals surface area contributed by atoms with Crippen molar-refractivity contribution in [2.24, 2.45) is 0 Å². The Hall–Kier alpha value is -1.10. The summed E-state index contributed by atoms with van der Waals surface area (Å²) >= 11 is 0. The van der Waals surface area contributed by atoms with Crippen LogP contribution < -0.4 is 10.6 Å². The summed E-state index contributed by atoms with van der Waals surface area (Å²) in [5.41, 5.74) is 0.0178. The molecular formula is C14H27N3O2. The highest BCUT2D eigenvalue weighted by atomic mass is 16.2. The van der Waals surface area contributed by atoms with Crippen molar-refractivity contribution in [3.63, 3.8) is 0 Å². The van der Waals surface area contributed by atoms with Crippen LogP contribution in [0.4, 0.5) is 0 Å². The number of rotatable bonds is 5. The first-order valence-corrected chi connectivity index (χ1v) is 7.18. The lowest BCUT2D eigenvalue weighted by Crippen LogP contribution is -2.43. The minimum Gasteiger partial charge on any atom is -0.347 e. The summed E-state index contributed by atoms with van der Waals surface area (Å²) in [5.74, 6) is -0.0288. The summed E-state index contributed by atoms with van der Waals surface area (Å²) in [4.78, 5) is 25.3. The highest BCUT2D eigenvalue weighted by Crippen LogP contribution is 2.08. The van der Waals surface area contributed by atoms with Gasteiger partial charge in [-0.25, -0.2) is 0 Å². The average molecular weight is 269 g/mol. The fourth-order valence-electron chi connectivity index (χ4n) is 2.07. The zero-order chi connectivity index (χ0) is 14.3. The molecule has 0 aliphatic carbocycles. The zero-order valence-electron chi connectivity index (χ0n) is 12.4. The molecular weight excluding hydrogens is 242 g/mol. The number of likely N-dealkylation sites (tertiary alicyclic amines) is 1. The normalized spacial score (nSPS) is 16.3. The second-order valence-corrected chi connectivity index (χ2v) is 6.14. The van der Waals surface area contributed by atoms with Crippen LogP contribution in [0.1, 0.15) is 46.5 Å². The maximum Gasteiger partial charge on any atom is 0.241 e. The van der Waals surface area contributed by atoms with Gasteiger partial charge >= 0.3 is 0 Å². The van der Waals surface area contributed by atoms with Crippen molar-refractivity contribution in [2.45, 2.75) is 52.0 Å². The van der Waals surface area contributed by atoms with Crippen LogP contribution in [0.25, 0.3) is 0 Å². The van der Waals surface area contributed by atoms with E-state index < -0.39 is 0 Å². The van der Waals surface area contributed by atoms with Gasteiger partial charge in [-0.15, -0.1) is 0 Å². The van der Waals surface area contributed by atoms with Crippen LogP contribution in [0.5, 0.6) is 0 Å². The molecule has 19 heavy (non-hydrogen) atoms. The average Bonchev–Trinajstić information content (AvgIpc) is 2.35. The van der Waals surface area contributed by atoms with Crippen LogP contribution in [-0.4, -0.2) is 48.4 Å². The maximum absolute atomic E-state index is 11.8. The Kier molecular flexibility index (Phi) is 6.28. The highest BCUT2D eigenvalue weighted by Gasteiger charge is 2.17. The SMILES string of the molecule is CC(C)(C)NCCC(=O)NCC(=O)N1CCCCC1. The van der Waals surface area contributed by atoms with Gasteiger partial charge in [-0.05, 0) is 40.0 Å². The van der Waals surface area contributed by atoms with E-state index in [1.807, 2.05) is 4.90 Å². The van der Waals surface area contributed by atoms with E-state index in [1.54, 1.807) is 0 Å². The Labute approximate surface area is 116 Å². The van der Waals surface area contributed by atoms with E-state index in [0.29, 0.717) is 13.0 Å². The number of carbonyl (C=O) groups excluding carboxylic acids is 2. The van der Waals surface area contributed by atoms with E-state index in [4.69, 9.17) is 0 Å². The van der Waals surface area contributed by atoms with E-state index in [9.17, 15) is 9.59 Å². The number of piperidine rings is 1. The van der Waals surface area contributed by atoms with Crippen LogP contribution in [0.2, 0.25) is 0 Å². The molecule has 0 aromatic heterocycles. The van der Waals surface area contributed by atoms with Crippen LogP contribution >= 0.6 is 0 Å². The number of amides is 2. The van der Waals surface area contributed by atoms with Crippen molar-refractivity contribution >= 4 is 11.8 Å². The molecule has 1 heterocycles. The van der Waals surface area contributed by atoms with Crippen molar-refractivity contribution < 1.29 is 9.59 Å². The molecule has 0 radical (unpaired) electrons. The minimum atomic E-state index is -0.0675. The molecule has 0 aromatic carbocycles. The van der Waals surface area contributed by atoms with E-state index in [-0.39, 0.29) is 23.9 Å². The predicted molar refractivity (Wildman–Crippen MR) is 75.8 cm³/mol. The quantitative estimate of drug-likeness (QED) is 0.779. The first-order valence-electron chi connectivity index (χ1n) is 7.18. The van der Waals surface area contributed by atoms with Gasteiger partial charge in [-0.3, -0.25) is 9.59 Å². The highest BCUT2D eigenvalue weighted by molar-refractivity contribution is 5.84. The summed E-state index contributed by atoms with van der Waals surface area (Å²) in [6.07, 6.45) is 3.77. The van der Waals surface area contributed by atoms with Crippen LogP contribution in [-0.2, 0) is 9.59 Å². The first kappa shape index (κ1) is 16.0. The van der Waals surface area contributed by atoms with Gasteiger partial charge in [0.05, 0.1) is 6.54 Å². The molecule has 5 heteroatoms. The van der Waals surface area contributed by atoms with Crippen LogP contribution in [0, 0.1) is 0 Å². The predicted octanol–water partition coefficient (Wildman–Crippen LogP) is 0.893. The number of hydrogen-bond acceptors (Lipinski definition) is 3. The molecule has 1 aliphatic rings. The summed E-state index contributed by atoms with van der Waals surface area (Å²) in [6.45, 7) is 8.61. The molecule has 0 unspecified atom stereocenters. The molecule has 1 saturated heterocycles. The number of carbonyl (C=O) groups is 2. The molecule has 5 nitrogen and oxygen atoms in total. The fraction of sp³-hybridized carbons (Fsp3) is 0.857. The van der Waals surface area contributed by atoms with Crippen molar-refractivity contribution in [3.05, 3.63) is 0 Å². The van der Waals surface area contributed by atoms with E-state index >= 15 is 0 Å². The Bertz CT molecular complexity index is 304. The second kappa shape index (κ2) is 7.48. The molecule has 1 fully saturated rings. The Morgan fingerprint density at radius 3 is 2.32 bits per heavy atom. The summed E-state index contributed by atoms with van der Waals surface area (Å²) < 4.78 is 0. The van der Waals surface area contributed by atoms with E-state index in [0.717, 1.165) is 25.9 Å². The standard InChI is InChI=1S/C14H27N3O2/c1-14(2,3)16-8-7-12(18)15-11-13(19)17-9-5-4-6-10-17/h16H,4-11H2,1-3H3,(H,15,18). The molecule has 0 atom stereocenters. The van der Waals surface area contributed by atoms with Crippen LogP contribution in [0.15, 0.2) is 0 Å². The van der Waals surface area contributed by atoms with Gasteiger partial charge in [0.1, 0.15) is 0 Å². The molecule has 0 spiro atoms. The minimum absolute atomic E-state index is 0.0178. The van der Waals surface area contributed by atoms with Gasteiger partial charge in [0.2, 0.25) is 11.8 Å². The van der Waals surface area contributed by atoms with Crippen molar-refractivity contribution in [1.82, 2.24) is 15.5 Å². The van der Waals surface area contributed by atoms with Crippen molar-refractivity contribution in [1.29, 1.82) is 0 Å². The lowest BCUT2D eigenvalue weighted by atomic mass is 10.1. The summed E-state index contributed by atoms with van der Waals surface area (Å²) in [6, 6.07) is 0. The molecule has 2 N–H and O–H groups in total. The molecule has 1 aliphatic heterocycles. The van der Waals surface area contributed by atoms with Gasteiger partial charge in [-0.1, -0.05) is 0 Å². The molecule has 0 aromatic rings. The van der Waals surface area contributed by atoms with Crippen molar-refractivity contribution in [2.75, 3.05) is 26.2 Å². The number of nitrogens with zero attached hydrogens (tertiary/aromatic N) is 1. The first-order chi connectivity index (χ1) is 8.88. The molecule has 0 bridgehead atoms. The molecule has 1 rings (SSSR count). The molecule has 110 valence electrons. The number of nitrogens with one attached hydrogen (secondary N) is 2. The fourth-order valence-corrected chi connectivity index (χ4v) is 2.07. The van der Waals surface area contributed by atoms with Gasteiger partial charge < -0.3 is 15.5 Å². The van der Waals surface area contributed by atoms with E-state index in [2.05, 4.69) is 31.4 Å². The lowest BCUT2D eigenvalue weighted by molar-refractivity contribution is -0.133. The largest absolute Gasteiger partial charge is 0.347 e. The maximum atomic E-state index is 11.8. The molecule has 0 saturated carbocycles. The number of hydrogen-bond donors (Lipinski definition) is 2. The van der Waals surface area contributed by atoms with Crippen LogP contribution in [0.3, 0.4) is 0 Å². The monoisotopic (exact) mass is 269 g/mol. The molecule has 2 amide bonds. The van der Waals surface area contributed by atoms with Gasteiger partial charge in [0.25, 0.3) is 0 Å². The van der Waals surface area contributed by atoms with Gasteiger partial charge in [-0.2, -0.15) is 0 Å². The zero-order valence-corrected chi connectivity index (χ0v) is 12.4. The summed E-state index contributed by atoms with van der Waals surface area (Å²) in [7, 11) is 0. The second-order valence-electron chi connectivity index (χ2n) is 6.14. The third-order valence-electron chi connectivity index (χ3n) is 3.15. The Morgan fingerprint density at radius 1 is 1.11 bits per heavy atom. The third-order valence-corrected chi connectivity index (χ3v) is 3.15. The smallest absolute Gasteiger partial charge is 0.241 e. The topological polar surface area (TPSA) is 61.4 Å². The third kappa shape index (κ3) is 7.15. The van der Waals surface area contributed by atoms with Gasteiger partial charge in [0, 0.05) is 31.6 Å². The van der Waals surface area contributed by atoms with E-state index in [1.165, 1.54) is 6.42 Å². The Balaban J connectivity index is 2.13. The summed E-state index contributed by atoms with van der Waals surface area (Å²) in [5, 5.41) is 5.94.